The molecule has 0 aliphatic rings. The minimum atomic E-state index is 0.940. The van der Waals surface area contributed by atoms with E-state index in [2.05, 4.69) is 202 Å². The molecule has 0 fully saturated rings. The number of aromatic amines is 1. The fourth-order valence-electron chi connectivity index (χ4n) is 8.42. The van der Waals surface area contributed by atoms with E-state index in [1.165, 1.54) is 54.8 Å². The molecule has 0 aliphatic carbocycles. The van der Waals surface area contributed by atoms with Gasteiger partial charge in [-0.1, -0.05) is 169 Å². The zero-order valence-corrected chi connectivity index (χ0v) is 35.9. The van der Waals surface area contributed by atoms with Gasteiger partial charge in [0.05, 0.1) is 27.9 Å². The van der Waals surface area contributed by atoms with Gasteiger partial charge in [-0.25, -0.2) is 4.98 Å². The standard InChI is InChI=1S/C51H34N4.3C2H6/c1-4-14-34(15-5-1)38-32-45(35-16-6-2-7-17-35)53-46(33-38)37-18-12-21-40(30-37)54-47-24-11-10-22-43(47)50-41(23-13-25-49(50)54)36-26-27-48-44(31-36)42-28-29-52-51(42)55(48)39-19-8-3-9-20-39;3*1-2/h1-33,52H;3*1-2H3. The monoisotopic (exact) mass is 792 g/mol. The highest BCUT2D eigenvalue weighted by molar-refractivity contribution is 6.17. The van der Waals surface area contributed by atoms with Crippen molar-refractivity contribution in [2.24, 2.45) is 0 Å². The molecule has 0 bridgehead atoms. The van der Waals surface area contributed by atoms with Gasteiger partial charge >= 0.3 is 0 Å². The highest BCUT2D eigenvalue weighted by Gasteiger charge is 2.19. The summed E-state index contributed by atoms with van der Waals surface area (Å²) >= 11 is 0. The number of para-hydroxylation sites is 2. The van der Waals surface area contributed by atoms with Crippen LogP contribution in [0, 0.1) is 0 Å². The molecule has 0 saturated carbocycles. The zero-order chi connectivity index (χ0) is 42.3. The van der Waals surface area contributed by atoms with Crippen LogP contribution in [-0.2, 0) is 0 Å². The summed E-state index contributed by atoms with van der Waals surface area (Å²) < 4.78 is 4.73. The van der Waals surface area contributed by atoms with Gasteiger partial charge in [0.25, 0.3) is 0 Å². The number of rotatable bonds is 6. The van der Waals surface area contributed by atoms with Crippen LogP contribution in [0.1, 0.15) is 41.5 Å². The van der Waals surface area contributed by atoms with Crippen molar-refractivity contribution in [1.82, 2.24) is 19.1 Å². The molecule has 0 spiro atoms. The molecule has 4 aromatic heterocycles. The molecule has 0 aliphatic heterocycles. The molecule has 0 atom stereocenters. The summed E-state index contributed by atoms with van der Waals surface area (Å²) in [7, 11) is 0. The second kappa shape index (κ2) is 18.2. The molecule has 4 heterocycles. The number of nitrogens with one attached hydrogen (secondary N) is 1. The Bertz CT molecular complexity index is 3130. The maximum absolute atomic E-state index is 5.25. The Morgan fingerprint density at radius 1 is 0.361 bits per heavy atom. The molecule has 300 valence electrons. The van der Waals surface area contributed by atoms with Gasteiger partial charge in [0.15, 0.2) is 0 Å². The lowest BCUT2D eigenvalue weighted by atomic mass is 9.98. The van der Waals surface area contributed by atoms with E-state index in [1.54, 1.807) is 0 Å². The number of aromatic nitrogens is 4. The molecule has 11 aromatic rings. The number of benzene rings is 7. The van der Waals surface area contributed by atoms with Crippen LogP contribution in [0.25, 0.3) is 99.9 Å². The van der Waals surface area contributed by atoms with Gasteiger partial charge in [-0.15, -0.1) is 0 Å². The minimum Gasteiger partial charge on any atom is -0.347 e. The largest absolute Gasteiger partial charge is 0.347 e. The first-order valence-corrected chi connectivity index (χ1v) is 21.7. The van der Waals surface area contributed by atoms with Crippen molar-refractivity contribution in [1.29, 1.82) is 0 Å². The smallest absolute Gasteiger partial charge is 0.123 e. The number of H-pyrrole nitrogens is 1. The summed E-state index contributed by atoms with van der Waals surface area (Å²) in [5.41, 5.74) is 15.6. The Hall–Kier alpha value is -7.43. The van der Waals surface area contributed by atoms with Crippen LogP contribution in [0.5, 0.6) is 0 Å². The van der Waals surface area contributed by atoms with E-state index in [4.69, 9.17) is 4.98 Å². The lowest BCUT2D eigenvalue weighted by molar-refractivity contribution is 1.14. The summed E-state index contributed by atoms with van der Waals surface area (Å²) in [4.78, 5) is 8.76. The quantitative estimate of drug-likeness (QED) is 0.179. The first-order valence-electron chi connectivity index (χ1n) is 21.7. The predicted octanol–water partition coefficient (Wildman–Crippen LogP) is 16.4. The third kappa shape index (κ3) is 7.42. The van der Waals surface area contributed by atoms with Crippen LogP contribution >= 0.6 is 0 Å². The molecule has 1 N–H and O–H groups in total. The van der Waals surface area contributed by atoms with Crippen LogP contribution < -0.4 is 0 Å². The summed E-state index contributed by atoms with van der Waals surface area (Å²) in [6.07, 6.45) is 2.04. The van der Waals surface area contributed by atoms with E-state index in [0.717, 1.165) is 45.1 Å². The fraction of sp³-hybridized carbons (Fsp3) is 0.105. The maximum Gasteiger partial charge on any atom is 0.123 e. The van der Waals surface area contributed by atoms with Crippen molar-refractivity contribution >= 4 is 43.7 Å². The normalized spacial score (nSPS) is 10.8. The number of nitrogens with zero attached hydrogens (tertiary/aromatic N) is 3. The summed E-state index contributed by atoms with van der Waals surface area (Å²) in [6.45, 7) is 12.0. The Morgan fingerprint density at radius 3 is 1.67 bits per heavy atom. The Morgan fingerprint density at radius 2 is 0.934 bits per heavy atom. The molecule has 0 unspecified atom stereocenters. The van der Waals surface area contributed by atoms with E-state index in [0.29, 0.717) is 0 Å². The predicted molar refractivity (Wildman–Crippen MR) is 263 cm³/mol. The first-order chi connectivity index (χ1) is 30.3. The maximum atomic E-state index is 5.25. The van der Waals surface area contributed by atoms with Gasteiger partial charge in [0.2, 0.25) is 0 Å². The summed E-state index contributed by atoms with van der Waals surface area (Å²) in [5.74, 6) is 0. The van der Waals surface area contributed by atoms with Gasteiger partial charge in [-0.05, 0) is 89.0 Å². The summed E-state index contributed by atoms with van der Waals surface area (Å²) in [6, 6.07) is 69.4. The van der Waals surface area contributed by atoms with E-state index >= 15 is 0 Å². The molecule has 0 amide bonds. The third-order valence-electron chi connectivity index (χ3n) is 10.9. The Labute approximate surface area is 359 Å². The molecule has 0 saturated heterocycles. The third-order valence-corrected chi connectivity index (χ3v) is 10.9. The van der Waals surface area contributed by atoms with Crippen LogP contribution in [0.3, 0.4) is 0 Å². The summed E-state index contributed by atoms with van der Waals surface area (Å²) in [5, 5.41) is 4.91. The van der Waals surface area contributed by atoms with Crippen LogP contribution in [0.15, 0.2) is 200 Å². The van der Waals surface area contributed by atoms with Crippen molar-refractivity contribution < 1.29 is 0 Å². The molecule has 0 radical (unpaired) electrons. The van der Waals surface area contributed by atoms with Crippen molar-refractivity contribution in [3.63, 3.8) is 0 Å². The lowest BCUT2D eigenvalue weighted by Gasteiger charge is -2.13. The van der Waals surface area contributed by atoms with Crippen LogP contribution in [0.4, 0.5) is 0 Å². The number of pyridine rings is 1. The van der Waals surface area contributed by atoms with Gasteiger partial charge < -0.3 is 9.55 Å². The second-order valence-electron chi connectivity index (χ2n) is 14.1. The molecule has 61 heavy (non-hydrogen) atoms. The molecular formula is C57H52N4. The topological polar surface area (TPSA) is 38.5 Å². The number of hydrogen-bond donors (Lipinski definition) is 1. The first kappa shape index (κ1) is 40.4. The van der Waals surface area contributed by atoms with Crippen LogP contribution in [-0.4, -0.2) is 19.1 Å². The average Bonchev–Trinajstić information content (AvgIpc) is 4.06. The highest BCUT2D eigenvalue weighted by atomic mass is 15.0. The van der Waals surface area contributed by atoms with Crippen LogP contribution in [0.2, 0.25) is 0 Å². The van der Waals surface area contributed by atoms with E-state index in [9.17, 15) is 0 Å². The minimum absolute atomic E-state index is 0.940. The van der Waals surface area contributed by atoms with Crippen molar-refractivity contribution in [2.45, 2.75) is 41.5 Å². The van der Waals surface area contributed by atoms with Gasteiger partial charge in [-0.2, -0.15) is 0 Å². The molecule has 4 heteroatoms. The molecule has 11 rings (SSSR count). The molecule has 4 nitrogen and oxygen atoms in total. The van der Waals surface area contributed by atoms with Gasteiger partial charge in [-0.3, -0.25) is 4.57 Å². The lowest BCUT2D eigenvalue weighted by Crippen LogP contribution is -1.96. The van der Waals surface area contributed by atoms with Crippen molar-refractivity contribution in [3.8, 4) is 56.1 Å². The van der Waals surface area contributed by atoms with Gasteiger partial charge in [0.1, 0.15) is 5.65 Å². The van der Waals surface area contributed by atoms with E-state index < -0.39 is 0 Å². The van der Waals surface area contributed by atoms with Crippen molar-refractivity contribution in [3.05, 3.63) is 200 Å². The Balaban J connectivity index is 0.000000822. The number of fused-ring (bicyclic) bond motifs is 6. The van der Waals surface area contributed by atoms with E-state index in [1.807, 2.05) is 53.8 Å². The van der Waals surface area contributed by atoms with E-state index in [-0.39, 0.29) is 0 Å². The SMILES string of the molecule is CC.CC.CC.c1ccc(-c2cc(-c3ccccc3)nc(-c3cccc(-n4c5ccccc5c5c(-c6ccc7c(c6)c6cc[nH]c6n7-c6ccccc6)cccc54)c3)c2)cc1. The van der Waals surface area contributed by atoms with Crippen molar-refractivity contribution in [2.75, 3.05) is 0 Å². The second-order valence-corrected chi connectivity index (χ2v) is 14.1. The fourth-order valence-corrected chi connectivity index (χ4v) is 8.42. The molecular weight excluding hydrogens is 741 g/mol. The molecule has 7 aromatic carbocycles. The zero-order valence-electron chi connectivity index (χ0n) is 35.9. The highest BCUT2D eigenvalue weighted by Crippen LogP contribution is 2.41. The number of hydrogen-bond acceptors (Lipinski definition) is 1. The van der Waals surface area contributed by atoms with Gasteiger partial charge in [0, 0.05) is 50.2 Å². The Kier molecular flexibility index (Phi) is 12.1. The average molecular weight is 793 g/mol.